The molecule has 3 heteroatoms. The first-order chi connectivity index (χ1) is 7.24. The van der Waals surface area contributed by atoms with E-state index in [9.17, 15) is 0 Å². The minimum Gasteiger partial charge on any atom is -0.381 e. The third-order valence-corrected chi connectivity index (χ3v) is 3.38. The van der Waals surface area contributed by atoms with Crippen molar-refractivity contribution < 1.29 is 0 Å². The third kappa shape index (κ3) is 2.32. The molecule has 0 heterocycles. The molecule has 0 saturated heterocycles. The van der Waals surface area contributed by atoms with Crippen LogP contribution in [-0.2, 0) is 0 Å². The van der Waals surface area contributed by atoms with Crippen molar-refractivity contribution in [2.24, 2.45) is 5.92 Å². The molecule has 2 nitrogen and oxygen atoms in total. The maximum atomic E-state index is 8.99. The van der Waals surface area contributed by atoms with Crippen molar-refractivity contribution in [1.82, 2.24) is 0 Å². The summed E-state index contributed by atoms with van der Waals surface area (Å²) in [7, 11) is 0. The number of nitrogens with zero attached hydrogens (tertiary/aromatic N) is 1. The monoisotopic (exact) mass is 264 g/mol. The standard InChI is InChI=1S/C12H13BrN2/c1-2-8-6-12(8)15-11-4-3-10(13)5-9(11)7-14/h3-5,8,12,15H,2,6H2,1H3. The molecular weight excluding hydrogens is 252 g/mol. The maximum absolute atomic E-state index is 8.99. The summed E-state index contributed by atoms with van der Waals surface area (Å²) in [5.74, 6) is 0.792. The van der Waals surface area contributed by atoms with E-state index in [1.807, 2.05) is 18.2 Å². The van der Waals surface area contributed by atoms with Crippen molar-refractivity contribution in [3.63, 3.8) is 0 Å². The van der Waals surface area contributed by atoms with E-state index in [1.54, 1.807) is 0 Å². The van der Waals surface area contributed by atoms with E-state index in [0.717, 1.165) is 16.1 Å². The Bertz CT molecular complexity index is 409. The molecule has 78 valence electrons. The lowest BCUT2D eigenvalue weighted by Crippen LogP contribution is -2.05. The zero-order valence-electron chi connectivity index (χ0n) is 8.63. The predicted molar refractivity (Wildman–Crippen MR) is 64.7 cm³/mol. The summed E-state index contributed by atoms with van der Waals surface area (Å²) in [6.07, 6.45) is 2.45. The fourth-order valence-electron chi connectivity index (χ4n) is 1.81. The van der Waals surface area contributed by atoms with Crippen molar-refractivity contribution in [2.45, 2.75) is 25.8 Å². The zero-order chi connectivity index (χ0) is 10.8. The Labute approximate surface area is 98.4 Å². The third-order valence-electron chi connectivity index (χ3n) is 2.89. The van der Waals surface area contributed by atoms with Gasteiger partial charge in [-0.25, -0.2) is 0 Å². The van der Waals surface area contributed by atoms with Gasteiger partial charge >= 0.3 is 0 Å². The average Bonchev–Trinajstić information content (AvgIpc) is 2.99. The lowest BCUT2D eigenvalue weighted by atomic mass is 10.2. The molecule has 1 fully saturated rings. The number of hydrogen-bond donors (Lipinski definition) is 1. The van der Waals surface area contributed by atoms with Crippen LogP contribution in [0.1, 0.15) is 25.3 Å². The number of hydrogen-bond acceptors (Lipinski definition) is 2. The van der Waals surface area contributed by atoms with Crippen LogP contribution in [0.25, 0.3) is 0 Å². The molecule has 0 amide bonds. The minimum absolute atomic E-state index is 0.572. The normalized spacial score (nSPS) is 23.3. The summed E-state index contributed by atoms with van der Waals surface area (Å²) in [6.45, 7) is 2.21. The van der Waals surface area contributed by atoms with Gasteiger partial charge in [0, 0.05) is 10.5 Å². The second-order valence-corrected chi connectivity index (χ2v) is 4.87. The number of nitrogens with one attached hydrogen (secondary N) is 1. The Morgan fingerprint density at radius 2 is 2.40 bits per heavy atom. The molecule has 2 atom stereocenters. The van der Waals surface area contributed by atoms with Gasteiger partial charge in [0.05, 0.1) is 11.3 Å². The smallest absolute Gasteiger partial charge is 0.101 e. The summed E-state index contributed by atoms with van der Waals surface area (Å²) < 4.78 is 0.951. The Kier molecular flexibility index (Phi) is 2.97. The molecule has 0 aliphatic heterocycles. The summed E-state index contributed by atoms with van der Waals surface area (Å²) in [5.41, 5.74) is 1.67. The van der Waals surface area contributed by atoms with Crippen LogP contribution in [-0.4, -0.2) is 6.04 Å². The molecular formula is C12H13BrN2. The van der Waals surface area contributed by atoms with Gasteiger partial charge in [-0.3, -0.25) is 0 Å². The van der Waals surface area contributed by atoms with Gasteiger partial charge < -0.3 is 5.32 Å². The Hall–Kier alpha value is -1.01. The molecule has 15 heavy (non-hydrogen) atoms. The van der Waals surface area contributed by atoms with Crippen molar-refractivity contribution in [3.8, 4) is 6.07 Å². The van der Waals surface area contributed by atoms with Gasteiger partial charge in [0.15, 0.2) is 0 Å². The summed E-state index contributed by atoms with van der Waals surface area (Å²) in [6, 6.07) is 8.57. The minimum atomic E-state index is 0.572. The molecule has 1 saturated carbocycles. The van der Waals surface area contributed by atoms with Crippen molar-refractivity contribution >= 4 is 21.6 Å². The molecule has 1 aromatic rings. The van der Waals surface area contributed by atoms with Crippen LogP contribution < -0.4 is 5.32 Å². The quantitative estimate of drug-likeness (QED) is 0.907. The first-order valence-corrected chi connectivity index (χ1v) is 6.00. The van der Waals surface area contributed by atoms with Crippen LogP contribution in [0.4, 0.5) is 5.69 Å². The van der Waals surface area contributed by atoms with E-state index in [-0.39, 0.29) is 0 Å². The van der Waals surface area contributed by atoms with Crippen molar-refractivity contribution in [3.05, 3.63) is 28.2 Å². The maximum Gasteiger partial charge on any atom is 0.101 e. The van der Waals surface area contributed by atoms with Gasteiger partial charge in [0.2, 0.25) is 0 Å². The first-order valence-electron chi connectivity index (χ1n) is 5.20. The van der Waals surface area contributed by atoms with Crippen LogP contribution >= 0.6 is 15.9 Å². The molecule has 1 aliphatic rings. The SMILES string of the molecule is CCC1CC1Nc1ccc(Br)cc1C#N. The molecule has 0 aromatic heterocycles. The summed E-state index contributed by atoms with van der Waals surface area (Å²) in [5, 5.41) is 12.4. The first kappa shape index (κ1) is 10.5. The van der Waals surface area contributed by atoms with E-state index in [1.165, 1.54) is 12.8 Å². The van der Waals surface area contributed by atoms with Gasteiger partial charge in [-0.05, 0) is 30.5 Å². The summed E-state index contributed by atoms with van der Waals surface area (Å²) in [4.78, 5) is 0. The molecule has 1 N–H and O–H groups in total. The van der Waals surface area contributed by atoms with Crippen LogP contribution in [0, 0.1) is 17.2 Å². The van der Waals surface area contributed by atoms with E-state index in [0.29, 0.717) is 11.6 Å². The van der Waals surface area contributed by atoms with E-state index < -0.39 is 0 Å². The van der Waals surface area contributed by atoms with E-state index in [2.05, 4.69) is 34.2 Å². The molecule has 0 bridgehead atoms. The highest BCUT2D eigenvalue weighted by molar-refractivity contribution is 9.10. The number of anilines is 1. The Balaban J connectivity index is 2.12. The van der Waals surface area contributed by atoms with Crippen LogP contribution in [0.5, 0.6) is 0 Å². The van der Waals surface area contributed by atoms with E-state index in [4.69, 9.17) is 5.26 Å². The molecule has 1 aliphatic carbocycles. The fourth-order valence-corrected chi connectivity index (χ4v) is 2.17. The fraction of sp³-hybridized carbons (Fsp3) is 0.417. The van der Waals surface area contributed by atoms with Crippen molar-refractivity contribution in [1.29, 1.82) is 5.26 Å². The Morgan fingerprint density at radius 3 is 3.00 bits per heavy atom. The molecule has 2 rings (SSSR count). The van der Waals surface area contributed by atoms with Gasteiger partial charge in [0.25, 0.3) is 0 Å². The van der Waals surface area contributed by atoms with Crippen LogP contribution in [0.3, 0.4) is 0 Å². The van der Waals surface area contributed by atoms with Gasteiger partial charge in [-0.15, -0.1) is 0 Å². The predicted octanol–water partition coefficient (Wildman–Crippen LogP) is 3.53. The second kappa shape index (κ2) is 4.24. The average molecular weight is 265 g/mol. The van der Waals surface area contributed by atoms with E-state index >= 15 is 0 Å². The topological polar surface area (TPSA) is 35.8 Å². The lowest BCUT2D eigenvalue weighted by Gasteiger charge is -2.07. The van der Waals surface area contributed by atoms with Crippen molar-refractivity contribution in [2.75, 3.05) is 5.32 Å². The Morgan fingerprint density at radius 1 is 1.60 bits per heavy atom. The van der Waals surface area contributed by atoms with Gasteiger partial charge in [0.1, 0.15) is 6.07 Å². The largest absolute Gasteiger partial charge is 0.381 e. The lowest BCUT2D eigenvalue weighted by molar-refractivity contribution is 0.775. The van der Waals surface area contributed by atoms with Gasteiger partial charge in [-0.1, -0.05) is 29.3 Å². The van der Waals surface area contributed by atoms with Gasteiger partial charge in [-0.2, -0.15) is 5.26 Å². The summed E-state index contributed by atoms with van der Waals surface area (Å²) >= 11 is 3.37. The number of rotatable bonds is 3. The molecule has 1 aromatic carbocycles. The number of halogens is 1. The highest BCUT2D eigenvalue weighted by Gasteiger charge is 2.35. The zero-order valence-corrected chi connectivity index (χ0v) is 10.2. The molecule has 2 unspecified atom stereocenters. The highest BCUT2D eigenvalue weighted by Crippen LogP contribution is 2.36. The number of benzene rings is 1. The second-order valence-electron chi connectivity index (χ2n) is 3.96. The molecule has 0 spiro atoms. The van der Waals surface area contributed by atoms with Crippen LogP contribution in [0.15, 0.2) is 22.7 Å². The highest BCUT2D eigenvalue weighted by atomic mass is 79.9. The molecule has 0 radical (unpaired) electrons. The number of nitriles is 1. The van der Waals surface area contributed by atoms with Crippen LogP contribution in [0.2, 0.25) is 0 Å².